The van der Waals surface area contributed by atoms with Crippen molar-refractivity contribution in [3.63, 3.8) is 0 Å². The summed E-state index contributed by atoms with van der Waals surface area (Å²) >= 11 is 2.59. The summed E-state index contributed by atoms with van der Waals surface area (Å²) in [5.41, 5.74) is 7.32. The summed E-state index contributed by atoms with van der Waals surface area (Å²) in [6.07, 6.45) is -0.404. The highest BCUT2D eigenvalue weighted by Gasteiger charge is 2.65. The van der Waals surface area contributed by atoms with E-state index >= 15 is 0 Å². The summed E-state index contributed by atoms with van der Waals surface area (Å²) in [6.45, 7) is 0. The number of aromatic nitrogens is 1. The molecule has 3 aliphatic heterocycles. The maximum Gasteiger partial charge on any atom is 0.352 e. The molecule has 1 aromatic carbocycles. The minimum atomic E-state index is -1.19. The van der Waals surface area contributed by atoms with Gasteiger partial charge < -0.3 is 25.7 Å². The number of fused-ring (bicyclic) bond motifs is 7. The minimum absolute atomic E-state index is 0.0108. The smallest absolute Gasteiger partial charge is 0.352 e. The number of oxime groups is 1. The van der Waals surface area contributed by atoms with E-state index in [-0.39, 0.29) is 33.4 Å². The molecule has 1 aromatic heterocycles. The van der Waals surface area contributed by atoms with E-state index in [0.717, 1.165) is 22.6 Å². The van der Waals surface area contributed by atoms with Crippen molar-refractivity contribution in [3.8, 4) is 5.75 Å². The number of nitrogens with two attached hydrogens (primary N) is 1. The summed E-state index contributed by atoms with van der Waals surface area (Å²) in [5.74, 6) is -1.66. The maximum absolute atomic E-state index is 13.0. The van der Waals surface area contributed by atoms with E-state index < -0.39 is 35.3 Å². The number of amides is 2. The molecule has 11 nitrogen and oxygen atoms in total. The molecule has 174 valence electrons. The zero-order valence-electron chi connectivity index (χ0n) is 17.5. The first kappa shape index (κ1) is 21.0. The molecular formula is C21H17N5O6S2. The molecule has 4 aliphatic rings. The van der Waals surface area contributed by atoms with Crippen LogP contribution in [0.5, 0.6) is 5.75 Å². The molecule has 6 rings (SSSR count). The van der Waals surface area contributed by atoms with E-state index in [2.05, 4.69) is 15.5 Å². The fraction of sp³-hybridized carbons (Fsp3) is 0.286. The van der Waals surface area contributed by atoms with Gasteiger partial charge in [0.25, 0.3) is 11.8 Å². The van der Waals surface area contributed by atoms with Crippen molar-refractivity contribution in [2.24, 2.45) is 5.16 Å². The first-order valence-corrected chi connectivity index (χ1v) is 12.1. The normalized spacial score (nSPS) is 28.5. The average molecular weight is 500 g/mol. The highest BCUT2D eigenvalue weighted by atomic mass is 32.2. The Morgan fingerprint density at radius 2 is 2.15 bits per heavy atom. The summed E-state index contributed by atoms with van der Waals surface area (Å²) in [7, 11) is 1.29. The number of nitrogen functional groups attached to an aromatic ring is 1. The highest BCUT2D eigenvalue weighted by Crippen LogP contribution is 2.62. The molecule has 4 heterocycles. The van der Waals surface area contributed by atoms with Crippen molar-refractivity contribution < 1.29 is 29.1 Å². The lowest BCUT2D eigenvalue weighted by atomic mass is 9.72. The van der Waals surface area contributed by atoms with Gasteiger partial charge in [0, 0.05) is 27.7 Å². The molecule has 0 spiro atoms. The quantitative estimate of drug-likeness (QED) is 0.307. The van der Waals surface area contributed by atoms with Gasteiger partial charge >= 0.3 is 5.97 Å². The molecule has 34 heavy (non-hydrogen) atoms. The standard InChI is InChI=1S/C21H17N5O6S2/c1-31-25-12(8-6-33-21(22)23-8)17(27)24-13-18(28)26-14(20(29)30)11-15-10(16(11)34-19(13)26)7-4-2-3-5-9(7)32-15/h2-6,10,13,15-16,19H,1H3,(H2,22,23)(H,24,27)(H,29,30)/b25-12-/t10-,13+,15+,16-,19+/m0/s1. The minimum Gasteiger partial charge on any atom is -0.485 e. The first-order chi connectivity index (χ1) is 16.4. The number of hydrogen-bond acceptors (Lipinski definition) is 10. The van der Waals surface area contributed by atoms with Gasteiger partial charge in [0.1, 0.15) is 41.8 Å². The van der Waals surface area contributed by atoms with Gasteiger partial charge in [-0.3, -0.25) is 14.5 Å². The maximum atomic E-state index is 13.0. The second kappa shape index (κ2) is 7.46. The molecule has 1 saturated carbocycles. The van der Waals surface area contributed by atoms with Crippen LogP contribution < -0.4 is 15.8 Å². The molecule has 2 aromatic rings. The fourth-order valence-electron chi connectivity index (χ4n) is 4.87. The van der Waals surface area contributed by atoms with Crippen molar-refractivity contribution in [2.45, 2.75) is 28.7 Å². The van der Waals surface area contributed by atoms with Gasteiger partial charge in [0.2, 0.25) is 0 Å². The number of rotatable bonds is 5. The number of carboxylic acids is 1. The number of thiazole rings is 1. The molecule has 2 amide bonds. The Morgan fingerprint density at radius 1 is 1.35 bits per heavy atom. The number of carbonyl (C=O) groups excluding carboxylic acids is 2. The first-order valence-electron chi connectivity index (χ1n) is 10.3. The lowest BCUT2D eigenvalue weighted by Crippen LogP contribution is -2.73. The third-order valence-corrected chi connectivity index (χ3v) is 8.57. The van der Waals surface area contributed by atoms with Gasteiger partial charge in [0.05, 0.1) is 0 Å². The SMILES string of the molecule is CO/N=C(\C(=O)N[C@@H]1C(=O)N2C(C(=O)O)=C3[C@@H](S[C@H]12)[C@H]1c2ccccc2O[C@@H]31)c1csc(N)n1. The predicted octanol–water partition coefficient (Wildman–Crippen LogP) is 0.741. The summed E-state index contributed by atoms with van der Waals surface area (Å²) < 4.78 is 6.01. The second-order valence-electron chi connectivity index (χ2n) is 8.01. The number of para-hydroxylation sites is 1. The molecule has 0 bridgehead atoms. The zero-order valence-corrected chi connectivity index (χ0v) is 19.1. The van der Waals surface area contributed by atoms with Gasteiger partial charge in [-0.25, -0.2) is 9.78 Å². The Morgan fingerprint density at radius 3 is 2.85 bits per heavy atom. The number of carbonyl (C=O) groups is 3. The van der Waals surface area contributed by atoms with E-state index in [1.807, 2.05) is 24.3 Å². The monoisotopic (exact) mass is 499 g/mol. The van der Waals surface area contributed by atoms with Crippen LogP contribution in [0.15, 0.2) is 46.1 Å². The molecule has 1 aliphatic carbocycles. The number of nitrogens with zero attached hydrogens (tertiary/aromatic N) is 3. The Labute approximate surface area is 200 Å². The predicted molar refractivity (Wildman–Crippen MR) is 122 cm³/mol. The molecule has 1 saturated heterocycles. The van der Waals surface area contributed by atoms with Crippen molar-refractivity contribution in [1.29, 1.82) is 0 Å². The van der Waals surface area contributed by atoms with E-state index in [0.29, 0.717) is 5.57 Å². The molecule has 0 radical (unpaired) electrons. The molecule has 0 unspecified atom stereocenters. The third-order valence-electron chi connectivity index (χ3n) is 6.29. The van der Waals surface area contributed by atoms with Crippen LogP contribution >= 0.6 is 23.1 Å². The number of benzene rings is 1. The van der Waals surface area contributed by atoms with Crippen LogP contribution in [0.4, 0.5) is 5.13 Å². The Bertz CT molecular complexity index is 1320. The van der Waals surface area contributed by atoms with Crippen LogP contribution in [-0.2, 0) is 19.2 Å². The van der Waals surface area contributed by atoms with Crippen molar-refractivity contribution >= 4 is 51.7 Å². The number of hydrogen-bond donors (Lipinski definition) is 3. The lowest BCUT2D eigenvalue weighted by molar-refractivity contribution is -0.150. The van der Waals surface area contributed by atoms with E-state index in [9.17, 15) is 19.5 Å². The number of β-lactam (4-membered cyclic amide) rings is 1. The van der Waals surface area contributed by atoms with Crippen LogP contribution in [0.2, 0.25) is 0 Å². The largest absolute Gasteiger partial charge is 0.485 e. The van der Waals surface area contributed by atoms with Gasteiger partial charge in [-0.2, -0.15) is 0 Å². The average Bonchev–Trinajstić information content (AvgIpc) is 3.38. The number of aliphatic carboxylic acids is 1. The lowest BCUT2D eigenvalue weighted by Gasteiger charge is -2.56. The molecule has 13 heteroatoms. The number of ether oxygens (including phenoxy) is 1. The summed E-state index contributed by atoms with van der Waals surface area (Å²) in [6, 6.07) is 6.69. The second-order valence-corrected chi connectivity index (χ2v) is 10.2. The molecular weight excluding hydrogens is 482 g/mol. The van der Waals surface area contributed by atoms with Gasteiger partial charge in [-0.05, 0) is 6.07 Å². The van der Waals surface area contributed by atoms with Crippen LogP contribution in [-0.4, -0.2) is 68.4 Å². The topological polar surface area (TPSA) is 156 Å². The highest BCUT2D eigenvalue weighted by molar-refractivity contribution is 8.01. The molecule has 4 N–H and O–H groups in total. The Kier molecular flexibility index (Phi) is 4.61. The van der Waals surface area contributed by atoms with Crippen LogP contribution in [0, 0.1) is 0 Å². The number of thioether (sulfide) groups is 1. The van der Waals surface area contributed by atoms with E-state index in [1.54, 1.807) is 5.38 Å². The molecule has 5 atom stereocenters. The van der Waals surface area contributed by atoms with Gasteiger partial charge in [-0.1, -0.05) is 23.4 Å². The van der Waals surface area contributed by atoms with Gasteiger partial charge in [0.15, 0.2) is 10.8 Å². The Balaban J connectivity index is 1.29. The number of anilines is 1. The van der Waals surface area contributed by atoms with Crippen LogP contribution in [0.1, 0.15) is 17.2 Å². The Hall–Kier alpha value is -3.58. The molecule has 2 fully saturated rings. The summed E-state index contributed by atoms with van der Waals surface area (Å²) in [5, 5.41) is 17.4. The van der Waals surface area contributed by atoms with Gasteiger partial charge in [-0.15, -0.1) is 23.1 Å². The fourth-order valence-corrected chi connectivity index (χ4v) is 7.24. The van der Waals surface area contributed by atoms with Crippen molar-refractivity contribution in [1.82, 2.24) is 15.2 Å². The number of nitrogens with one attached hydrogen (secondary N) is 1. The van der Waals surface area contributed by atoms with E-state index in [4.69, 9.17) is 15.3 Å². The zero-order chi connectivity index (χ0) is 23.7. The third kappa shape index (κ3) is 2.80. The number of carboxylic acid groups (broad SMARTS) is 1. The van der Waals surface area contributed by atoms with Crippen molar-refractivity contribution in [3.05, 3.63) is 52.2 Å². The van der Waals surface area contributed by atoms with Crippen molar-refractivity contribution in [2.75, 3.05) is 12.8 Å². The summed E-state index contributed by atoms with van der Waals surface area (Å²) in [4.78, 5) is 48.2. The van der Waals surface area contributed by atoms with E-state index in [1.165, 1.54) is 23.8 Å². The van der Waals surface area contributed by atoms with Crippen LogP contribution in [0.25, 0.3) is 0 Å². The van der Waals surface area contributed by atoms with Crippen LogP contribution in [0.3, 0.4) is 0 Å².